The topological polar surface area (TPSA) is 12.0 Å². The van der Waals surface area contributed by atoms with E-state index in [-0.39, 0.29) is 0 Å². The van der Waals surface area contributed by atoms with Crippen LogP contribution in [-0.4, -0.2) is 6.54 Å². The molecule has 1 aliphatic heterocycles. The quantitative estimate of drug-likeness (QED) is 0.760. The molecule has 1 heterocycles. The lowest BCUT2D eigenvalue weighted by Gasteiger charge is -2.07. The van der Waals surface area contributed by atoms with Crippen molar-refractivity contribution >= 4 is 17.3 Å². The maximum absolute atomic E-state index is 5.96. The Morgan fingerprint density at radius 3 is 3.15 bits per heavy atom. The summed E-state index contributed by atoms with van der Waals surface area (Å²) < 4.78 is 0. The predicted molar refractivity (Wildman–Crippen MR) is 57.6 cm³/mol. The van der Waals surface area contributed by atoms with Gasteiger partial charge in [0.2, 0.25) is 0 Å². The minimum atomic E-state index is 0.665. The van der Waals surface area contributed by atoms with E-state index in [1.54, 1.807) is 0 Å². The fourth-order valence-electron chi connectivity index (χ4n) is 1.98. The van der Waals surface area contributed by atoms with Gasteiger partial charge in [0.05, 0.1) is 0 Å². The molecule has 0 fully saturated rings. The number of benzene rings is 1. The zero-order chi connectivity index (χ0) is 9.26. The molecule has 0 aromatic heterocycles. The van der Waals surface area contributed by atoms with E-state index >= 15 is 0 Å². The number of halogens is 1. The smallest absolute Gasteiger partial charge is 0.0410 e. The van der Waals surface area contributed by atoms with Crippen LogP contribution in [-0.2, 0) is 0 Å². The van der Waals surface area contributed by atoms with Crippen molar-refractivity contribution < 1.29 is 0 Å². The summed E-state index contributed by atoms with van der Waals surface area (Å²) >= 11 is 5.96. The van der Waals surface area contributed by atoms with Gasteiger partial charge in [0.15, 0.2) is 0 Å². The summed E-state index contributed by atoms with van der Waals surface area (Å²) in [6, 6.07) is 6.12. The number of hydrogen-bond donors (Lipinski definition) is 1. The van der Waals surface area contributed by atoms with E-state index in [0.29, 0.717) is 5.92 Å². The SMILES string of the molecule is CCC[C@@H]1CNc2ccc(Cl)cc21. The molecule has 2 heteroatoms. The van der Waals surface area contributed by atoms with Crippen LogP contribution in [0.1, 0.15) is 31.2 Å². The lowest BCUT2D eigenvalue weighted by molar-refractivity contribution is 0.661. The van der Waals surface area contributed by atoms with Crippen molar-refractivity contribution in [3.63, 3.8) is 0 Å². The van der Waals surface area contributed by atoms with E-state index in [9.17, 15) is 0 Å². The zero-order valence-electron chi connectivity index (χ0n) is 7.81. The third-order valence-corrected chi connectivity index (χ3v) is 2.86. The van der Waals surface area contributed by atoms with Gasteiger partial charge in [-0.15, -0.1) is 0 Å². The molecule has 0 saturated heterocycles. The first-order valence-electron chi connectivity index (χ1n) is 4.84. The van der Waals surface area contributed by atoms with E-state index in [1.807, 2.05) is 6.07 Å². The summed E-state index contributed by atoms with van der Waals surface area (Å²) in [5.41, 5.74) is 2.66. The van der Waals surface area contributed by atoms with Gasteiger partial charge in [0, 0.05) is 23.2 Å². The summed E-state index contributed by atoms with van der Waals surface area (Å²) in [6.07, 6.45) is 2.48. The Morgan fingerprint density at radius 2 is 2.38 bits per heavy atom. The molecule has 0 radical (unpaired) electrons. The summed E-state index contributed by atoms with van der Waals surface area (Å²) in [4.78, 5) is 0. The van der Waals surface area contributed by atoms with Gasteiger partial charge in [0.25, 0.3) is 0 Å². The molecule has 1 nitrogen and oxygen atoms in total. The molecular weight excluding hydrogens is 182 g/mol. The fourth-order valence-corrected chi connectivity index (χ4v) is 2.16. The van der Waals surface area contributed by atoms with Crippen LogP contribution in [0, 0.1) is 0 Å². The van der Waals surface area contributed by atoms with Crippen molar-refractivity contribution in [3.8, 4) is 0 Å². The third-order valence-electron chi connectivity index (χ3n) is 2.63. The van der Waals surface area contributed by atoms with Crippen LogP contribution in [0.2, 0.25) is 5.02 Å². The second-order valence-corrected chi connectivity index (χ2v) is 4.03. The van der Waals surface area contributed by atoms with Crippen molar-refractivity contribution in [1.29, 1.82) is 0 Å². The lowest BCUT2D eigenvalue weighted by Crippen LogP contribution is -2.00. The molecule has 0 unspecified atom stereocenters. The predicted octanol–water partition coefficient (Wildman–Crippen LogP) is 3.65. The van der Waals surface area contributed by atoms with Crippen LogP contribution < -0.4 is 5.32 Å². The van der Waals surface area contributed by atoms with Crippen molar-refractivity contribution in [3.05, 3.63) is 28.8 Å². The Hall–Kier alpha value is -0.690. The first-order valence-corrected chi connectivity index (χ1v) is 5.22. The fraction of sp³-hybridized carbons (Fsp3) is 0.455. The highest BCUT2D eigenvalue weighted by molar-refractivity contribution is 6.30. The average molecular weight is 196 g/mol. The number of fused-ring (bicyclic) bond motifs is 1. The Kier molecular flexibility index (Phi) is 2.45. The molecule has 2 rings (SSSR count). The summed E-state index contributed by atoms with van der Waals surface area (Å²) in [5, 5.41) is 4.25. The molecule has 0 bridgehead atoms. The van der Waals surface area contributed by atoms with E-state index < -0.39 is 0 Å². The van der Waals surface area contributed by atoms with Crippen LogP contribution in [0.3, 0.4) is 0 Å². The van der Waals surface area contributed by atoms with E-state index in [4.69, 9.17) is 11.6 Å². The molecular formula is C11H14ClN. The van der Waals surface area contributed by atoms with Crippen molar-refractivity contribution in [1.82, 2.24) is 0 Å². The molecule has 0 spiro atoms. The van der Waals surface area contributed by atoms with Gasteiger partial charge in [0.1, 0.15) is 0 Å². The minimum absolute atomic E-state index is 0.665. The molecule has 1 aromatic carbocycles. The number of nitrogens with one attached hydrogen (secondary N) is 1. The van der Waals surface area contributed by atoms with Crippen molar-refractivity contribution in [2.45, 2.75) is 25.7 Å². The monoisotopic (exact) mass is 195 g/mol. The van der Waals surface area contributed by atoms with Gasteiger partial charge < -0.3 is 5.32 Å². The van der Waals surface area contributed by atoms with Gasteiger partial charge in [-0.25, -0.2) is 0 Å². The molecule has 0 amide bonds. The van der Waals surface area contributed by atoms with E-state index in [0.717, 1.165) is 11.6 Å². The first-order chi connectivity index (χ1) is 6.31. The largest absolute Gasteiger partial charge is 0.384 e. The van der Waals surface area contributed by atoms with Crippen LogP contribution in [0.5, 0.6) is 0 Å². The molecule has 1 aromatic rings. The summed E-state index contributed by atoms with van der Waals surface area (Å²) in [7, 11) is 0. The van der Waals surface area contributed by atoms with Crippen LogP contribution in [0.4, 0.5) is 5.69 Å². The van der Waals surface area contributed by atoms with Crippen LogP contribution in [0.25, 0.3) is 0 Å². The molecule has 1 aliphatic rings. The van der Waals surface area contributed by atoms with Gasteiger partial charge in [-0.3, -0.25) is 0 Å². The molecule has 0 aliphatic carbocycles. The summed E-state index contributed by atoms with van der Waals surface area (Å²) in [5.74, 6) is 0.665. The summed E-state index contributed by atoms with van der Waals surface area (Å²) in [6.45, 7) is 3.30. The lowest BCUT2D eigenvalue weighted by atomic mass is 9.97. The number of anilines is 1. The normalized spacial score (nSPS) is 19.7. The molecule has 1 N–H and O–H groups in total. The van der Waals surface area contributed by atoms with Crippen molar-refractivity contribution in [2.24, 2.45) is 0 Å². The Bertz CT molecular complexity index is 307. The first kappa shape index (κ1) is 8.89. The highest BCUT2D eigenvalue weighted by atomic mass is 35.5. The highest BCUT2D eigenvalue weighted by Crippen LogP contribution is 2.35. The maximum Gasteiger partial charge on any atom is 0.0410 e. The minimum Gasteiger partial charge on any atom is -0.384 e. The third kappa shape index (κ3) is 1.66. The second kappa shape index (κ2) is 3.59. The van der Waals surface area contributed by atoms with Gasteiger partial charge in [-0.1, -0.05) is 24.9 Å². The molecule has 13 heavy (non-hydrogen) atoms. The van der Waals surface area contributed by atoms with Crippen molar-refractivity contribution in [2.75, 3.05) is 11.9 Å². The number of hydrogen-bond acceptors (Lipinski definition) is 1. The maximum atomic E-state index is 5.96. The number of rotatable bonds is 2. The molecule has 70 valence electrons. The Morgan fingerprint density at radius 1 is 1.54 bits per heavy atom. The van der Waals surface area contributed by atoms with E-state index in [1.165, 1.54) is 24.1 Å². The van der Waals surface area contributed by atoms with Gasteiger partial charge >= 0.3 is 0 Å². The van der Waals surface area contributed by atoms with Gasteiger partial charge in [-0.05, 0) is 30.2 Å². The standard InChI is InChI=1S/C11H14ClN/c1-2-3-8-7-13-11-5-4-9(12)6-10(8)11/h4-6,8,13H,2-3,7H2,1H3/t8-/m1/s1. The average Bonchev–Trinajstić information content (AvgIpc) is 2.49. The Labute approximate surface area is 84.1 Å². The highest BCUT2D eigenvalue weighted by Gasteiger charge is 2.20. The van der Waals surface area contributed by atoms with E-state index in [2.05, 4.69) is 24.4 Å². The second-order valence-electron chi connectivity index (χ2n) is 3.60. The zero-order valence-corrected chi connectivity index (χ0v) is 8.56. The van der Waals surface area contributed by atoms with Crippen LogP contribution in [0.15, 0.2) is 18.2 Å². The molecule has 1 atom stereocenters. The Balaban J connectivity index is 2.29. The van der Waals surface area contributed by atoms with Gasteiger partial charge in [-0.2, -0.15) is 0 Å². The van der Waals surface area contributed by atoms with Crippen LogP contribution >= 0.6 is 11.6 Å². The molecule has 0 saturated carbocycles.